The highest BCUT2D eigenvalue weighted by Gasteiger charge is 2.21. The van der Waals surface area contributed by atoms with Crippen molar-refractivity contribution in [3.8, 4) is 0 Å². The summed E-state index contributed by atoms with van der Waals surface area (Å²) in [6.45, 7) is 1.82. The van der Waals surface area contributed by atoms with Crippen LogP contribution in [0, 0.1) is 10.1 Å². The SMILES string of the molecule is CCOC(=O)c1cc(Sc2ccc(Br)cc2)ccc1[N+](=O)[O-]. The van der Waals surface area contributed by atoms with Gasteiger partial charge in [0, 0.05) is 20.3 Å². The first kappa shape index (κ1) is 16.5. The van der Waals surface area contributed by atoms with Crippen LogP contribution in [0.4, 0.5) is 5.69 Å². The van der Waals surface area contributed by atoms with Crippen LogP contribution in [-0.2, 0) is 4.74 Å². The van der Waals surface area contributed by atoms with Gasteiger partial charge in [0.1, 0.15) is 5.56 Å². The molecule has 0 atom stereocenters. The van der Waals surface area contributed by atoms with Crippen molar-refractivity contribution in [1.82, 2.24) is 0 Å². The summed E-state index contributed by atoms with van der Waals surface area (Å²) in [6, 6.07) is 12.1. The number of carbonyl (C=O) groups excluding carboxylic acids is 1. The molecule has 7 heteroatoms. The minimum absolute atomic E-state index is 0.0334. The van der Waals surface area contributed by atoms with Crippen molar-refractivity contribution in [1.29, 1.82) is 0 Å². The van der Waals surface area contributed by atoms with E-state index in [9.17, 15) is 14.9 Å². The Bertz CT molecular complexity index is 703. The molecule has 0 heterocycles. The number of hydrogen-bond donors (Lipinski definition) is 0. The second kappa shape index (κ2) is 7.42. The molecule has 2 aromatic carbocycles. The lowest BCUT2D eigenvalue weighted by atomic mass is 10.2. The van der Waals surface area contributed by atoms with E-state index < -0.39 is 10.9 Å². The van der Waals surface area contributed by atoms with Crippen LogP contribution in [0.15, 0.2) is 56.7 Å². The Balaban J connectivity index is 2.33. The van der Waals surface area contributed by atoms with Gasteiger partial charge in [-0.1, -0.05) is 27.7 Å². The standard InChI is InChI=1S/C15H12BrNO4S/c1-2-21-15(18)13-9-12(7-8-14(13)17(19)20)22-11-5-3-10(16)4-6-11/h3-9H,2H2,1H3. The average molecular weight is 382 g/mol. The molecule has 0 aromatic heterocycles. The molecule has 0 bridgehead atoms. The lowest BCUT2D eigenvalue weighted by molar-refractivity contribution is -0.385. The molecule has 0 unspecified atom stereocenters. The Morgan fingerprint density at radius 2 is 1.86 bits per heavy atom. The molecule has 0 spiro atoms. The predicted octanol–water partition coefficient (Wildman–Crippen LogP) is 4.69. The average Bonchev–Trinajstić information content (AvgIpc) is 2.49. The maximum Gasteiger partial charge on any atom is 0.345 e. The number of esters is 1. The van der Waals surface area contributed by atoms with Crippen molar-refractivity contribution < 1.29 is 14.5 Å². The fourth-order valence-electron chi connectivity index (χ4n) is 1.75. The van der Waals surface area contributed by atoms with Crippen molar-refractivity contribution in [3.63, 3.8) is 0 Å². The molecule has 114 valence electrons. The number of halogens is 1. The van der Waals surface area contributed by atoms with Crippen LogP contribution < -0.4 is 0 Å². The van der Waals surface area contributed by atoms with Crippen molar-refractivity contribution >= 4 is 39.3 Å². The van der Waals surface area contributed by atoms with Gasteiger partial charge < -0.3 is 4.74 Å². The van der Waals surface area contributed by atoms with Gasteiger partial charge >= 0.3 is 5.97 Å². The lowest BCUT2D eigenvalue weighted by Gasteiger charge is -2.06. The maximum atomic E-state index is 11.9. The van der Waals surface area contributed by atoms with Crippen molar-refractivity contribution in [2.24, 2.45) is 0 Å². The zero-order valence-corrected chi connectivity index (χ0v) is 14.0. The van der Waals surface area contributed by atoms with Gasteiger partial charge in [0.15, 0.2) is 0 Å². The lowest BCUT2D eigenvalue weighted by Crippen LogP contribution is -2.08. The smallest absolute Gasteiger partial charge is 0.345 e. The van der Waals surface area contributed by atoms with E-state index in [2.05, 4.69) is 15.9 Å². The van der Waals surface area contributed by atoms with E-state index in [4.69, 9.17) is 4.74 Å². The molecular weight excluding hydrogens is 370 g/mol. The Morgan fingerprint density at radius 1 is 1.23 bits per heavy atom. The molecule has 0 amide bonds. The van der Waals surface area contributed by atoms with Crippen LogP contribution in [0.3, 0.4) is 0 Å². The van der Waals surface area contributed by atoms with E-state index in [0.29, 0.717) is 0 Å². The zero-order valence-electron chi connectivity index (χ0n) is 11.6. The van der Waals surface area contributed by atoms with Crippen molar-refractivity contribution in [2.75, 3.05) is 6.61 Å². The van der Waals surface area contributed by atoms with E-state index in [1.165, 1.54) is 23.9 Å². The summed E-state index contributed by atoms with van der Waals surface area (Å²) in [6.07, 6.45) is 0. The first-order valence-corrected chi connectivity index (χ1v) is 8.01. The van der Waals surface area contributed by atoms with Gasteiger partial charge in [0.2, 0.25) is 0 Å². The summed E-state index contributed by atoms with van der Waals surface area (Å²) in [5.74, 6) is -0.688. The molecule has 5 nitrogen and oxygen atoms in total. The van der Waals surface area contributed by atoms with Crippen LogP contribution in [0.5, 0.6) is 0 Å². The molecule has 0 saturated carbocycles. The number of ether oxygens (including phenoxy) is 1. The highest BCUT2D eigenvalue weighted by molar-refractivity contribution is 9.10. The van der Waals surface area contributed by atoms with E-state index in [1.807, 2.05) is 24.3 Å². The zero-order chi connectivity index (χ0) is 16.1. The number of nitro benzene ring substituents is 1. The highest BCUT2D eigenvalue weighted by Crippen LogP contribution is 2.32. The second-order valence-corrected chi connectivity index (χ2v) is 6.28. The van der Waals surface area contributed by atoms with Crippen LogP contribution in [0.25, 0.3) is 0 Å². The number of carbonyl (C=O) groups is 1. The van der Waals surface area contributed by atoms with Gasteiger partial charge in [0.25, 0.3) is 5.69 Å². The third-order valence-corrected chi connectivity index (χ3v) is 4.24. The van der Waals surface area contributed by atoms with Gasteiger partial charge in [-0.2, -0.15) is 0 Å². The quantitative estimate of drug-likeness (QED) is 0.427. The molecule has 0 aliphatic carbocycles. The van der Waals surface area contributed by atoms with Gasteiger partial charge in [-0.25, -0.2) is 4.79 Å². The summed E-state index contributed by atoms with van der Waals surface area (Å²) in [7, 11) is 0. The molecule has 0 N–H and O–H groups in total. The third-order valence-electron chi connectivity index (χ3n) is 2.71. The predicted molar refractivity (Wildman–Crippen MR) is 87.3 cm³/mol. The molecule has 22 heavy (non-hydrogen) atoms. The number of nitro groups is 1. The Labute approximate surface area is 140 Å². The Hall–Kier alpha value is -1.86. The topological polar surface area (TPSA) is 69.4 Å². The number of nitrogens with zero attached hydrogens (tertiary/aromatic N) is 1. The van der Waals surface area contributed by atoms with E-state index >= 15 is 0 Å². The van der Waals surface area contributed by atoms with Gasteiger partial charge in [-0.3, -0.25) is 10.1 Å². The van der Waals surface area contributed by atoms with E-state index in [1.54, 1.807) is 13.0 Å². The fourth-order valence-corrected chi connectivity index (χ4v) is 2.87. The second-order valence-electron chi connectivity index (χ2n) is 4.21. The molecule has 2 rings (SSSR count). The molecule has 0 aliphatic heterocycles. The summed E-state index contributed by atoms with van der Waals surface area (Å²) in [5.41, 5.74) is -0.285. The van der Waals surface area contributed by atoms with Crippen molar-refractivity contribution in [3.05, 3.63) is 62.6 Å². The highest BCUT2D eigenvalue weighted by atomic mass is 79.9. The minimum atomic E-state index is -0.688. The normalized spacial score (nSPS) is 10.3. The van der Waals surface area contributed by atoms with Gasteiger partial charge in [-0.15, -0.1) is 0 Å². The first-order valence-electron chi connectivity index (χ1n) is 6.40. The third kappa shape index (κ3) is 4.08. The van der Waals surface area contributed by atoms with Crippen molar-refractivity contribution in [2.45, 2.75) is 16.7 Å². The van der Waals surface area contributed by atoms with Gasteiger partial charge in [0.05, 0.1) is 11.5 Å². The van der Waals surface area contributed by atoms with Crippen LogP contribution in [-0.4, -0.2) is 17.5 Å². The van der Waals surface area contributed by atoms with Crippen LogP contribution in [0.2, 0.25) is 0 Å². The Morgan fingerprint density at radius 3 is 2.45 bits per heavy atom. The molecule has 0 radical (unpaired) electrons. The molecule has 0 saturated heterocycles. The summed E-state index contributed by atoms with van der Waals surface area (Å²) < 4.78 is 5.85. The summed E-state index contributed by atoms with van der Waals surface area (Å²) in [4.78, 5) is 24.0. The number of hydrogen-bond acceptors (Lipinski definition) is 5. The summed E-state index contributed by atoms with van der Waals surface area (Å²) >= 11 is 4.77. The molecule has 2 aromatic rings. The maximum absolute atomic E-state index is 11.9. The number of benzene rings is 2. The largest absolute Gasteiger partial charge is 0.462 e. The fraction of sp³-hybridized carbons (Fsp3) is 0.133. The Kier molecular flexibility index (Phi) is 5.57. The van der Waals surface area contributed by atoms with E-state index in [0.717, 1.165) is 14.3 Å². The number of rotatable bonds is 5. The molecule has 0 aliphatic rings. The van der Waals surface area contributed by atoms with Gasteiger partial charge in [-0.05, 0) is 43.3 Å². The molecular formula is C15H12BrNO4S. The summed E-state index contributed by atoms with van der Waals surface area (Å²) in [5, 5.41) is 11.0. The van der Waals surface area contributed by atoms with E-state index in [-0.39, 0.29) is 17.9 Å². The van der Waals surface area contributed by atoms with Crippen LogP contribution in [0.1, 0.15) is 17.3 Å². The first-order chi connectivity index (χ1) is 10.5. The minimum Gasteiger partial charge on any atom is -0.462 e. The van der Waals surface area contributed by atoms with Crippen LogP contribution >= 0.6 is 27.7 Å². The molecule has 0 fully saturated rings. The monoisotopic (exact) mass is 381 g/mol.